The van der Waals surface area contributed by atoms with Gasteiger partial charge in [0.05, 0.1) is 18.1 Å². The Bertz CT molecular complexity index is 711. The van der Waals surface area contributed by atoms with E-state index in [0.29, 0.717) is 6.42 Å². The predicted octanol–water partition coefficient (Wildman–Crippen LogP) is 0.509. The van der Waals surface area contributed by atoms with Crippen LogP contribution in [0.1, 0.15) is 18.9 Å². The van der Waals surface area contributed by atoms with Crippen LogP contribution in [0.4, 0.5) is 0 Å². The summed E-state index contributed by atoms with van der Waals surface area (Å²) >= 11 is 0. The second kappa shape index (κ2) is 7.41. The van der Waals surface area contributed by atoms with Gasteiger partial charge in [-0.25, -0.2) is 8.42 Å². The molecule has 1 atom stereocenters. The van der Waals surface area contributed by atoms with Gasteiger partial charge in [-0.1, -0.05) is 30.3 Å². The van der Waals surface area contributed by atoms with Crippen molar-refractivity contribution < 1.29 is 18.0 Å². The van der Waals surface area contributed by atoms with Crippen molar-refractivity contribution in [1.82, 2.24) is 10.6 Å². The Morgan fingerprint density at radius 2 is 1.96 bits per heavy atom. The Morgan fingerprint density at radius 3 is 2.57 bits per heavy atom. The van der Waals surface area contributed by atoms with E-state index >= 15 is 0 Å². The number of hydrogen-bond acceptors (Lipinski definition) is 4. The highest BCUT2D eigenvalue weighted by Gasteiger charge is 2.28. The van der Waals surface area contributed by atoms with Gasteiger partial charge in [-0.2, -0.15) is 0 Å². The Morgan fingerprint density at radius 1 is 1.26 bits per heavy atom. The van der Waals surface area contributed by atoms with Crippen molar-refractivity contribution in [1.29, 1.82) is 0 Å². The number of allylic oxidation sites excluding steroid dienone is 1. The summed E-state index contributed by atoms with van der Waals surface area (Å²) in [7, 11) is -3.03. The average Bonchev–Trinajstić information content (AvgIpc) is 2.85. The smallest absolute Gasteiger partial charge is 0.244 e. The van der Waals surface area contributed by atoms with Crippen molar-refractivity contribution in [2.75, 3.05) is 18.1 Å². The van der Waals surface area contributed by atoms with Gasteiger partial charge in [-0.05, 0) is 24.5 Å². The molecule has 0 unspecified atom stereocenters. The summed E-state index contributed by atoms with van der Waals surface area (Å²) in [5.74, 6) is -0.671. The van der Waals surface area contributed by atoms with Crippen molar-refractivity contribution in [3.05, 3.63) is 42.0 Å². The normalized spacial score (nSPS) is 20.0. The fourth-order valence-electron chi connectivity index (χ4n) is 2.39. The SMILES string of the molecule is C/C(=C\C(=O)NCC(=O)N[C@@H]1CCS(=O)(=O)C1)c1ccccc1. The number of hydrogen-bond donors (Lipinski definition) is 2. The van der Waals surface area contributed by atoms with Crippen molar-refractivity contribution in [2.24, 2.45) is 0 Å². The van der Waals surface area contributed by atoms with Crippen molar-refractivity contribution in [2.45, 2.75) is 19.4 Å². The lowest BCUT2D eigenvalue weighted by molar-refractivity contribution is -0.124. The van der Waals surface area contributed by atoms with Gasteiger partial charge >= 0.3 is 0 Å². The second-order valence-corrected chi connectivity index (χ2v) is 7.81. The van der Waals surface area contributed by atoms with Crippen LogP contribution in [0, 0.1) is 0 Å². The first kappa shape index (κ1) is 17.2. The molecule has 0 aromatic heterocycles. The van der Waals surface area contributed by atoms with Gasteiger partial charge in [0.25, 0.3) is 0 Å². The van der Waals surface area contributed by atoms with Crippen LogP contribution in [-0.2, 0) is 19.4 Å². The molecule has 124 valence electrons. The zero-order chi connectivity index (χ0) is 16.9. The highest BCUT2D eigenvalue weighted by Crippen LogP contribution is 2.12. The second-order valence-electron chi connectivity index (χ2n) is 5.58. The molecule has 1 aromatic carbocycles. The van der Waals surface area contributed by atoms with E-state index in [1.54, 1.807) is 0 Å². The third kappa shape index (κ3) is 5.52. The molecule has 2 rings (SSSR count). The molecule has 1 fully saturated rings. The monoisotopic (exact) mass is 336 g/mol. The molecule has 0 saturated carbocycles. The summed E-state index contributed by atoms with van der Waals surface area (Å²) in [4.78, 5) is 23.5. The van der Waals surface area contributed by atoms with Crippen LogP contribution in [-0.4, -0.2) is 44.3 Å². The van der Waals surface area contributed by atoms with Crippen LogP contribution in [0.2, 0.25) is 0 Å². The van der Waals surface area contributed by atoms with E-state index in [-0.39, 0.29) is 35.9 Å². The molecule has 0 radical (unpaired) electrons. The number of benzene rings is 1. The molecule has 23 heavy (non-hydrogen) atoms. The zero-order valence-corrected chi connectivity index (χ0v) is 13.7. The number of nitrogens with one attached hydrogen (secondary N) is 2. The van der Waals surface area contributed by atoms with Gasteiger partial charge in [-0.3, -0.25) is 9.59 Å². The van der Waals surface area contributed by atoms with Crippen molar-refractivity contribution in [3.63, 3.8) is 0 Å². The van der Waals surface area contributed by atoms with Crippen LogP contribution in [0.15, 0.2) is 36.4 Å². The van der Waals surface area contributed by atoms with Gasteiger partial charge in [0, 0.05) is 12.1 Å². The molecular weight excluding hydrogens is 316 g/mol. The first-order chi connectivity index (χ1) is 10.9. The van der Waals surface area contributed by atoms with Crippen LogP contribution in [0.5, 0.6) is 0 Å². The molecular formula is C16H20N2O4S. The van der Waals surface area contributed by atoms with E-state index in [4.69, 9.17) is 0 Å². The predicted molar refractivity (Wildman–Crippen MR) is 88.3 cm³/mol. The van der Waals surface area contributed by atoms with E-state index in [2.05, 4.69) is 10.6 Å². The topological polar surface area (TPSA) is 92.3 Å². The quantitative estimate of drug-likeness (QED) is 0.766. The summed E-state index contributed by atoms with van der Waals surface area (Å²) < 4.78 is 22.6. The fraction of sp³-hybridized carbons (Fsp3) is 0.375. The van der Waals surface area contributed by atoms with Gasteiger partial charge < -0.3 is 10.6 Å². The Kier molecular flexibility index (Phi) is 5.54. The van der Waals surface area contributed by atoms with Gasteiger partial charge in [0.2, 0.25) is 11.8 Å². The molecule has 2 amide bonds. The lowest BCUT2D eigenvalue weighted by atomic mass is 10.1. The van der Waals surface area contributed by atoms with Crippen LogP contribution < -0.4 is 10.6 Å². The van der Waals surface area contributed by atoms with E-state index in [0.717, 1.165) is 11.1 Å². The first-order valence-electron chi connectivity index (χ1n) is 7.37. The lowest BCUT2D eigenvalue weighted by Crippen LogP contribution is -2.42. The van der Waals surface area contributed by atoms with Gasteiger partial charge in [0.15, 0.2) is 9.84 Å². The number of carbonyl (C=O) groups excluding carboxylic acids is 2. The summed E-state index contributed by atoms with van der Waals surface area (Å²) in [6.45, 7) is 1.65. The number of rotatable bonds is 5. The molecule has 1 aliphatic rings. The van der Waals surface area contributed by atoms with Gasteiger partial charge in [0.1, 0.15) is 0 Å². The number of sulfone groups is 1. The van der Waals surface area contributed by atoms with E-state index < -0.39 is 9.84 Å². The minimum atomic E-state index is -3.03. The standard InChI is InChI=1S/C16H20N2O4S/c1-12(13-5-3-2-4-6-13)9-15(19)17-10-16(20)18-14-7-8-23(21,22)11-14/h2-6,9,14H,7-8,10-11H2,1H3,(H,17,19)(H,18,20)/b12-9+/t14-/m1/s1. The Labute approximate surface area is 135 Å². The molecule has 1 aromatic rings. The largest absolute Gasteiger partial charge is 0.351 e. The Hall–Kier alpha value is -2.15. The maximum atomic E-state index is 11.8. The van der Waals surface area contributed by atoms with Crippen LogP contribution >= 0.6 is 0 Å². The first-order valence-corrected chi connectivity index (χ1v) is 9.19. The van der Waals surface area contributed by atoms with E-state index in [9.17, 15) is 18.0 Å². The van der Waals surface area contributed by atoms with Crippen LogP contribution in [0.25, 0.3) is 5.57 Å². The lowest BCUT2D eigenvalue weighted by Gasteiger charge is -2.11. The van der Waals surface area contributed by atoms with Crippen LogP contribution in [0.3, 0.4) is 0 Å². The maximum absolute atomic E-state index is 11.8. The summed E-state index contributed by atoms with van der Waals surface area (Å²) in [5, 5.41) is 5.12. The Balaban J connectivity index is 1.79. The summed E-state index contributed by atoms with van der Waals surface area (Å²) in [6, 6.07) is 9.09. The molecule has 1 heterocycles. The minimum absolute atomic E-state index is 0.0281. The molecule has 1 aliphatic heterocycles. The highest BCUT2D eigenvalue weighted by molar-refractivity contribution is 7.91. The van der Waals surface area contributed by atoms with E-state index in [1.165, 1.54) is 6.08 Å². The third-order valence-corrected chi connectivity index (χ3v) is 5.37. The molecule has 0 spiro atoms. The number of carbonyl (C=O) groups is 2. The highest BCUT2D eigenvalue weighted by atomic mass is 32.2. The number of amides is 2. The van der Waals surface area contributed by atoms with Crippen molar-refractivity contribution in [3.8, 4) is 0 Å². The molecule has 0 aliphatic carbocycles. The molecule has 6 nitrogen and oxygen atoms in total. The average molecular weight is 336 g/mol. The molecule has 1 saturated heterocycles. The minimum Gasteiger partial charge on any atom is -0.351 e. The molecule has 0 bridgehead atoms. The molecule has 2 N–H and O–H groups in total. The summed E-state index contributed by atoms with van der Waals surface area (Å²) in [5.41, 5.74) is 1.73. The third-order valence-electron chi connectivity index (χ3n) is 3.60. The zero-order valence-electron chi connectivity index (χ0n) is 12.9. The van der Waals surface area contributed by atoms with Crippen molar-refractivity contribution >= 4 is 27.2 Å². The molecule has 7 heteroatoms. The maximum Gasteiger partial charge on any atom is 0.244 e. The fourth-order valence-corrected chi connectivity index (χ4v) is 4.06. The van der Waals surface area contributed by atoms with Gasteiger partial charge in [-0.15, -0.1) is 0 Å². The van der Waals surface area contributed by atoms with E-state index in [1.807, 2.05) is 37.3 Å². The summed E-state index contributed by atoms with van der Waals surface area (Å²) in [6.07, 6.45) is 1.86.